The Labute approximate surface area is 138 Å². The molecule has 2 N–H and O–H groups in total. The van der Waals surface area contributed by atoms with Crippen LogP contribution in [0.5, 0.6) is 0 Å². The van der Waals surface area contributed by atoms with Crippen molar-refractivity contribution < 1.29 is 24.5 Å². The Morgan fingerprint density at radius 2 is 2.18 bits per heavy atom. The van der Waals surface area contributed by atoms with Crippen molar-refractivity contribution in [3.63, 3.8) is 0 Å². The van der Waals surface area contributed by atoms with Crippen LogP contribution >= 0.6 is 22.6 Å². The molecule has 0 aromatic carbocycles. The zero-order chi connectivity index (χ0) is 15.9. The topological polar surface area (TPSA) is 120 Å². The molecular weight excluding hydrogens is 407 g/mol. The largest absolute Gasteiger partial charge is 0.463 e. The van der Waals surface area contributed by atoms with Crippen molar-refractivity contribution in [1.82, 2.24) is 19.5 Å². The number of aliphatic hydroxyl groups is 2. The lowest BCUT2D eigenvalue weighted by Gasteiger charge is -2.16. The number of fused-ring (bicyclic) bond motifs is 1. The molecule has 22 heavy (non-hydrogen) atoms. The Hall–Kier alpha value is -1.37. The van der Waals surface area contributed by atoms with Gasteiger partial charge in [-0.2, -0.15) is 0 Å². The van der Waals surface area contributed by atoms with E-state index in [9.17, 15) is 15.0 Å². The molecule has 0 radical (unpaired) electrons. The van der Waals surface area contributed by atoms with Crippen LogP contribution in [0, 0.1) is 3.70 Å². The summed E-state index contributed by atoms with van der Waals surface area (Å²) in [4.78, 5) is 23.2. The molecule has 0 spiro atoms. The molecule has 1 aliphatic heterocycles. The van der Waals surface area contributed by atoms with E-state index < -0.39 is 30.5 Å². The molecule has 118 valence electrons. The molecule has 4 atom stereocenters. The molecule has 0 amide bonds. The van der Waals surface area contributed by atoms with E-state index in [0.29, 0.717) is 14.9 Å². The number of nitrogens with zero attached hydrogens (tertiary/aromatic N) is 4. The highest BCUT2D eigenvalue weighted by Crippen LogP contribution is 2.31. The van der Waals surface area contributed by atoms with Crippen LogP contribution in [0.4, 0.5) is 0 Å². The van der Waals surface area contributed by atoms with Crippen LogP contribution in [0.25, 0.3) is 11.2 Å². The van der Waals surface area contributed by atoms with E-state index in [4.69, 9.17) is 9.47 Å². The highest BCUT2D eigenvalue weighted by molar-refractivity contribution is 14.1. The number of aliphatic hydroxyl groups excluding tert-OH is 2. The summed E-state index contributed by atoms with van der Waals surface area (Å²) in [7, 11) is 0. The molecule has 0 saturated carbocycles. The van der Waals surface area contributed by atoms with E-state index in [-0.39, 0.29) is 6.61 Å². The number of aromatic nitrogens is 4. The Morgan fingerprint density at radius 3 is 2.91 bits per heavy atom. The third-order valence-corrected chi connectivity index (χ3v) is 4.17. The van der Waals surface area contributed by atoms with Crippen molar-refractivity contribution in [3.05, 3.63) is 16.4 Å². The minimum atomic E-state index is -1.19. The number of hydrogen-bond acceptors (Lipinski definition) is 8. The zero-order valence-electron chi connectivity index (χ0n) is 11.5. The molecule has 0 unspecified atom stereocenters. The highest BCUT2D eigenvalue weighted by atomic mass is 127. The second-order valence-corrected chi connectivity index (χ2v) is 5.86. The number of ether oxygens (including phenoxy) is 2. The predicted molar refractivity (Wildman–Crippen MR) is 80.6 cm³/mol. The normalized spacial score (nSPS) is 28.2. The molecule has 1 fully saturated rings. The van der Waals surface area contributed by atoms with Crippen LogP contribution in [0.2, 0.25) is 0 Å². The van der Waals surface area contributed by atoms with Gasteiger partial charge in [-0.1, -0.05) is 0 Å². The SMILES string of the molecule is CC(=O)OC[C@H]1O[C@@H](n2cnc3c(I)ncnc32)[C@H](O)[C@H]1O. The summed E-state index contributed by atoms with van der Waals surface area (Å²) in [5.41, 5.74) is 1.07. The van der Waals surface area contributed by atoms with Crippen LogP contribution in [-0.2, 0) is 14.3 Å². The lowest BCUT2D eigenvalue weighted by atomic mass is 10.1. The van der Waals surface area contributed by atoms with Gasteiger partial charge in [0.1, 0.15) is 40.5 Å². The van der Waals surface area contributed by atoms with Gasteiger partial charge in [0.2, 0.25) is 0 Å². The first kappa shape index (κ1) is 15.5. The van der Waals surface area contributed by atoms with E-state index in [1.807, 2.05) is 22.6 Å². The molecule has 1 saturated heterocycles. The quantitative estimate of drug-likeness (QED) is 0.392. The fraction of sp³-hybridized carbons (Fsp3) is 0.500. The van der Waals surface area contributed by atoms with Gasteiger partial charge in [0.25, 0.3) is 0 Å². The van der Waals surface area contributed by atoms with Crippen molar-refractivity contribution in [2.45, 2.75) is 31.5 Å². The van der Waals surface area contributed by atoms with Gasteiger partial charge < -0.3 is 19.7 Å². The third kappa shape index (κ3) is 2.66. The summed E-state index contributed by atoms with van der Waals surface area (Å²) in [5, 5.41) is 20.2. The lowest BCUT2D eigenvalue weighted by molar-refractivity contribution is -0.147. The molecule has 10 heteroatoms. The molecule has 0 aliphatic carbocycles. The Kier molecular flexibility index (Phi) is 4.25. The smallest absolute Gasteiger partial charge is 0.302 e. The van der Waals surface area contributed by atoms with Crippen LogP contribution in [0.15, 0.2) is 12.7 Å². The lowest BCUT2D eigenvalue weighted by Crippen LogP contribution is -2.34. The van der Waals surface area contributed by atoms with Gasteiger partial charge in [0.05, 0.1) is 6.33 Å². The molecule has 0 bridgehead atoms. The van der Waals surface area contributed by atoms with Crippen molar-refractivity contribution in [3.8, 4) is 0 Å². The second-order valence-electron chi connectivity index (χ2n) is 4.84. The van der Waals surface area contributed by atoms with Crippen molar-refractivity contribution in [2.75, 3.05) is 6.61 Å². The molecule has 2 aromatic heterocycles. The highest BCUT2D eigenvalue weighted by Gasteiger charge is 2.44. The average molecular weight is 420 g/mol. The van der Waals surface area contributed by atoms with Crippen molar-refractivity contribution >= 4 is 39.7 Å². The van der Waals surface area contributed by atoms with Gasteiger partial charge in [-0.25, -0.2) is 15.0 Å². The molecule has 3 rings (SSSR count). The van der Waals surface area contributed by atoms with Gasteiger partial charge >= 0.3 is 5.97 Å². The van der Waals surface area contributed by atoms with Crippen molar-refractivity contribution in [2.24, 2.45) is 0 Å². The average Bonchev–Trinajstić information content (AvgIpc) is 3.01. The van der Waals surface area contributed by atoms with Crippen LogP contribution in [-0.4, -0.2) is 60.6 Å². The maximum Gasteiger partial charge on any atom is 0.302 e. The van der Waals surface area contributed by atoms with Crippen LogP contribution in [0.1, 0.15) is 13.2 Å². The van der Waals surface area contributed by atoms with Crippen molar-refractivity contribution in [1.29, 1.82) is 0 Å². The number of hydrogen-bond donors (Lipinski definition) is 2. The van der Waals surface area contributed by atoms with Crippen LogP contribution < -0.4 is 0 Å². The van der Waals surface area contributed by atoms with E-state index in [2.05, 4.69) is 15.0 Å². The number of halogens is 1. The number of esters is 1. The number of rotatable bonds is 3. The van der Waals surface area contributed by atoms with Gasteiger partial charge in [-0.05, 0) is 22.6 Å². The maximum atomic E-state index is 10.9. The Bertz CT molecular complexity index is 708. The molecule has 3 heterocycles. The third-order valence-electron chi connectivity index (χ3n) is 3.38. The minimum Gasteiger partial charge on any atom is -0.463 e. The summed E-state index contributed by atoms with van der Waals surface area (Å²) >= 11 is 2.03. The van der Waals surface area contributed by atoms with E-state index in [1.165, 1.54) is 24.1 Å². The van der Waals surface area contributed by atoms with E-state index >= 15 is 0 Å². The standard InChI is InChI=1S/C12H13IN4O5/c1-5(18)21-2-6-8(19)9(20)12(22-6)17-4-16-7-10(13)14-3-15-11(7)17/h3-4,6,8-9,12,19-20H,2H2,1H3/t6-,8+,9-,12-/m1/s1. The number of carbonyl (C=O) groups is 1. The summed E-state index contributed by atoms with van der Waals surface area (Å²) in [5.74, 6) is -0.482. The van der Waals surface area contributed by atoms with E-state index in [0.717, 1.165) is 0 Å². The Morgan fingerprint density at radius 1 is 1.41 bits per heavy atom. The minimum absolute atomic E-state index is 0.136. The first-order valence-electron chi connectivity index (χ1n) is 6.47. The van der Waals surface area contributed by atoms with Gasteiger partial charge in [0.15, 0.2) is 11.9 Å². The van der Waals surface area contributed by atoms with Gasteiger partial charge in [0, 0.05) is 6.92 Å². The number of carbonyl (C=O) groups excluding carboxylic acids is 1. The number of imidazole rings is 1. The molecule has 9 nitrogen and oxygen atoms in total. The molecule has 2 aromatic rings. The van der Waals surface area contributed by atoms with Gasteiger partial charge in [-0.3, -0.25) is 9.36 Å². The fourth-order valence-electron chi connectivity index (χ4n) is 2.31. The second kappa shape index (κ2) is 6.02. The first-order chi connectivity index (χ1) is 10.5. The van der Waals surface area contributed by atoms with E-state index in [1.54, 1.807) is 0 Å². The van der Waals surface area contributed by atoms with Crippen LogP contribution in [0.3, 0.4) is 0 Å². The zero-order valence-corrected chi connectivity index (χ0v) is 13.6. The Balaban J connectivity index is 1.87. The summed E-state index contributed by atoms with van der Waals surface area (Å²) in [6.45, 7) is 1.13. The first-order valence-corrected chi connectivity index (χ1v) is 7.55. The predicted octanol–water partition coefficient (Wildman–Crippen LogP) is -0.387. The molecule has 1 aliphatic rings. The maximum absolute atomic E-state index is 10.9. The summed E-state index contributed by atoms with van der Waals surface area (Å²) in [6, 6.07) is 0. The fourth-order valence-corrected chi connectivity index (χ4v) is 2.81. The monoisotopic (exact) mass is 420 g/mol. The van der Waals surface area contributed by atoms with Gasteiger partial charge in [-0.15, -0.1) is 0 Å². The summed E-state index contributed by atoms with van der Waals surface area (Å²) < 4.78 is 12.6. The molecular formula is C12H13IN4O5. The summed E-state index contributed by atoms with van der Waals surface area (Å²) in [6.07, 6.45) is -1.20.